The van der Waals surface area contributed by atoms with Crippen LogP contribution in [0.25, 0.3) is 10.9 Å². The number of phenolic OH excluding ortho intramolecular Hbond substituents is 1. The zero-order valence-electron chi connectivity index (χ0n) is 9.90. The molecule has 0 amide bonds. The van der Waals surface area contributed by atoms with Crippen molar-refractivity contribution in [3.8, 4) is 5.75 Å². The molecule has 0 aliphatic rings. The molecule has 0 spiro atoms. The van der Waals surface area contributed by atoms with Crippen molar-refractivity contribution in [2.75, 3.05) is 0 Å². The van der Waals surface area contributed by atoms with E-state index in [9.17, 15) is 14.7 Å². The fourth-order valence-corrected chi connectivity index (χ4v) is 1.60. The van der Waals surface area contributed by atoms with Crippen LogP contribution in [0.4, 0.5) is 0 Å². The van der Waals surface area contributed by atoms with Gasteiger partial charge in [0.2, 0.25) is 0 Å². The quantitative estimate of drug-likeness (QED) is 0.809. The Morgan fingerprint density at radius 1 is 1.39 bits per heavy atom. The van der Waals surface area contributed by atoms with Gasteiger partial charge in [-0.25, -0.2) is 0 Å². The van der Waals surface area contributed by atoms with Gasteiger partial charge in [0.05, 0.1) is 11.1 Å². The van der Waals surface area contributed by atoms with Gasteiger partial charge < -0.3 is 14.8 Å². The molecule has 1 heterocycles. The number of carbonyl (C=O) groups is 1. The summed E-state index contributed by atoms with van der Waals surface area (Å²) in [6.45, 7) is 1.65. The van der Waals surface area contributed by atoms with Crippen molar-refractivity contribution in [1.29, 1.82) is 0 Å². The number of aromatic hydroxyl groups is 1. The maximum atomic E-state index is 11.7. The number of nitrogens with one attached hydrogen (secondary N) is 1. The number of H-pyrrole nitrogens is 1. The summed E-state index contributed by atoms with van der Waals surface area (Å²) in [7, 11) is 0. The van der Waals surface area contributed by atoms with E-state index < -0.39 is 0 Å². The van der Waals surface area contributed by atoms with Gasteiger partial charge in [-0.3, -0.25) is 9.59 Å². The first-order valence-electron chi connectivity index (χ1n) is 5.60. The smallest absolute Gasteiger partial charge is 0.305 e. The highest BCUT2D eigenvalue weighted by molar-refractivity contribution is 5.80. The minimum atomic E-state index is -0.347. The summed E-state index contributed by atoms with van der Waals surface area (Å²) in [6, 6.07) is 6.34. The first-order valence-corrected chi connectivity index (χ1v) is 5.60. The number of aromatic nitrogens is 1. The van der Waals surface area contributed by atoms with Gasteiger partial charge in [-0.2, -0.15) is 0 Å². The summed E-state index contributed by atoms with van der Waals surface area (Å²) >= 11 is 0. The molecule has 0 fully saturated rings. The average Bonchev–Trinajstić information content (AvgIpc) is 2.35. The molecule has 0 aliphatic heterocycles. The van der Waals surface area contributed by atoms with Crippen LogP contribution < -0.4 is 5.56 Å². The van der Waals surface area contributed by atoms with E-state index in [0.717, 1.165) is 5.39 Å². The van der Waals surface area contributed by atoms with Gasteiger partial charge in [-0.15, -0.1) is 0 Å². The minimum absolute atomic E-state index is 0.0428. The Balaban J connectivity index is 2.35. The first-order chi connectivity index (χ1) is 8.60. The highest BCUT2D eigenvalue weighted by Gasteiger charge is 2.06. The predicted molar refractivity (Wildman–Crippen MR) is 66.3 cm³/mol. The van der Waals surface area contributed by atoms with Crippen molar-refractivity contribution in [3.63, 3.8) is 0 Å². The normalized spacial score (nSPS) is 10.5. The van der Waals surface area contributed by atoms with E-state index in [1.807, 2.05) is 0 Å². The summed E-state index contributed by atoms with van der Waals surface area (Å²) in [5.74, 6) is -0.261. The molecule has 5 nitrogen and oxygen atoms in total. The van der Waals surface area contributed by atoms with Gasteiger partial charge >= 0.3 is 5.97 Å². The highest BCUT2D eigenvalue weighted by Crippen LogP contribution is 2.17. The second kappa shape index (κ2) is 4.91. The summed E-state index contributed by atoms with van der Waals surface area (Å²) in [4.78, 5) is 25.4. The SMILES string of the molecule is CCC(=O)OCc1cc2ccc(O)cc2[nH]c1=O. The van der Waals surface area contributed by atoms with Crippen LogP contribution in [0.15, 0.2) is 29.1 Å². The largest absolute Gasteiger partial charge is 0.508 e. The molecule has 0 aliphatic carbocycles. The number of ether oxygens (including phenoxy) is 1. The van der Waals surface area contributed by atoms with Gasteiger partial charge in [-0.05, 0) is 23.6 Å². The molecule has 0 atom stereocenters. The van der Waals surface area contributed by atoms with E-state index in [4.69, 9.17) is 4.74 Å². The number of benzene rings is 1. The van der Waals surface area contributed by atoms with Gasteiger partial charge in [0.25, 0.3) is 5.56 Å². The maximum absolute atomic E-state index is 11.7. The number of phenols is 1. The third kappa shape index (κ3) is 2.51. The number of carbonyl (C=O) groups excluding carboxylic acids is 1. The summed E-state index contributed by atoms with van der Waals surface area (Å²) in [5, 5.41) is 10.1. The topological polar surface area (TPSA) is 79.4 Å². The van der Waals surface area contributed by atoms with Crippen molar-refractivity contribution in [1.82, 2.24) is 4.98 Å². The maximum Gasteiger partial charge on any atom is 0.305 e. The van der Waals surface area contributed by atoms with Crippen LogP contribution in [0.2, 0.25) is 0 Å². The number of pyridine rings is 1. The molecular weight excluding hydrogens is 234 g/mol. The molecule has 18 heavy (non-hydrogen) atoms. The zero-order valence-corrected chi connectivity index (χ0v) is 9.90. The van der Waals surface area contributed by atoms with Crippen LogP contribution in [0.3, 0.4) is 0 Å². The predicted octanol–water partition coefficient (Wildman–Crippen LogP) is 1.69. The van der Waals surface area contributed by atoms with E-state index >= 15 is 0 Å². The molecule has 0 radical (unpaired) electrons. The minimum Gasteiger partial charge on any atom is -0.508 e. The van der Waals surface area contributed by atoms with Gasteiger partial charge in [-0.1, -0.05) is 6.92 Å². The average molecular weight is 247 g/mol. The number of esters is 1. The van der Waals surface area contributed by atoms with Crippen LogP contribution in [0.5, 0.6) is 5.75 Å². The van der Waals surface area contributed by atoms with Crippen LogP contribution >= 0.6 is 0 Å². The standard InChI is InChI=1S/C13H13NO4/c1-2-12(16)18-7-9-5-8-3-4-10(15)6-11(8)14-13(9)17/h3-6,15H,2,7H2,1H3,(H,14,17). The third-order valence-electron chi connectivity index (χ3n) is 2.58. The Bertz CT molecular complexity index is 645. The van der Waals surface area contributed by atoms with Crippen molar-refractivity contribution < 1.29 is 14.6 Å². The van der Waals surface area contributed by atoms with Crippen molar-refractivity contribution in [2.24, 2.45) is 0 Å². The van der Waals surface area contributed by atoms with E-state index in [1.165, 1.54) is 12.1 Å². The molecule has 2 aromatic rings. The first kappa shape index (κ1) is 12.2. The van der Waals surface area contributed by atoms with Crippen LogP contribution in [-0.2, 0) is 16.1 Å². The Kier molecular flexibility index (Phi) is 3.32. The third-order valence-corrected chi connectivity index (χ3v) is 2.58. The van der Waals surface area contributed by atoms with Gasteiger partial charge in [0.1, 0.15) is 12.4 Å². The number of hydrogen-bond donors (Lipinski definition) is 2. The molecule has 2 rings (SSSR count). The molecule has 5 heteroatoms. The molecule has 0 bridgehead atoms. The van der Waals surface area contributed by atoms with Crippen molar-refractivity contribution >= 4 is 16.9 Å². The molecule has 1 aromatic heterocycles. The number of hydrogen-bond acceptors (Lipinski definition) is 4. The Labute approximate surface area is 103 Å². The Morgan fingerprint density at radius 3 is 2.89 bits per heavy atom. The van der Waals surface area contributed by atoms with E-state index in [1.54, 1.807) is 19.1 Å². The molecular formula is C13H13NO4. The van der Waals surface area contributed by atoms with E-state index in [2.05, 4.69) is 4.98 Å². The van der Waals surface area contributed by atoms with Crippen molar-refractivity contribution in [3.05, 3.63) is 40.2 Å². The molecule has 0 saturated carbocycles. The van der Waals surface area contributed by atoms with E-state index in [0.29, 0.717) is 11.1 Å². The summed E-state index contributed by atoms with van der Waals surface area (Å²) in [6.07, 6.45) is 0.277. The zero-order chi connectivity index (χ0) is 13.1. The monoisotopic (exact) mass is 247 g/mol. The highest BCUT2D eigenvalue weighted by atomic mass is 16.5. The van der Waals surface area contributed by atoms with Gasteiger partial charge in [0, 0.05) is 12.5 Å². The van der Waals surface area contributed by atoms with E-state index in [-0.39, 0.29) is 30.3 Å². The van der Waals surface area contributed by atoms with Crippen molar-refractivity contribution in [2.45, 2.75) is 20.0 Å². The fourth-order valence-electron chi connectivity index (χ4n) is 1.60. The lowest BCUT2D eigenvalue weighted by Gasteiger charge is -2.05. The number of fused-ring (bicyclic) bond motifs is 1. The molecule has 0 unspecified atom stereocenters. The van der Waals surface area contributed by atoms with Gasteiger partial charge in [0.15, 0.2) is 0 Å². The molecule has 94 valence electrons. The van der Waals surface area contributed by atoms with Crippen LogP contribution in [0.1, 0.15) is 18.9 Å². The lowest BCUT2D eigenvalue weighted by Crippen LogP contribution is -2.15. The second-order valence-electron chi connectivity index (χ2n) is 3.91. The number of aromatic amines is 1. The summed E-state index contributed by atoms with van der Waals surface area (Å²) < 4.78 is 4.92. The Hall–Kier alpha value is -2.30. The summed E-state index contributed by atoms with van der Waals surface area (Å²) in [5.41, 5.74) is 0.609. The lowest BCUT2D eigenvalue weighted by molar-refractivity contribution is -0.144. The molecule has 1 aromatic carbocycles. The Morgan fingerprint density at radius 2 is 2.17 bits per heavy atom. The molecule has 2 N–H and O–H groups in total. The van der Waals surface area contributed by atoms with Crippen LogP contribution in [-0.4, -0.2) is 16.1 Å². The lowest BCUT2D eigenvalue weighted by atomic mass is 10.1. The van der Waals surface area contributed by atoms with Crippen LogP contribution in [0, 0.1) is 0 Å². The molecule has 0 saturated heterocycles. The second-order valence-corrected chi connectivity index (χ2v) is 3.91. The fraction of sp³-hybridized carbons (Fsp3) is 0.231. The number of rotatable bonds is 3.